The molecule has 2 fully saturated rings. The van der Waals surface area contributed by atoms with E-state index in [4.69, 9.17) is 5.73 Å². The molecule has 0 aliphatic carbocycles. The van der Waals surface area contributed by atoms with Crippen molar-refractivity contribution in [3.8, 4) is 0 Å². The van der Waals surface area contributed by atoms with Crippen LogP contribution >= 0.6 is 15.9 Å². The van der Waals surface area contributed by atoms with Crippen molar-refractivity contribution < 1.29 is 9.59 Å². The molecule has 164 valence electrons. The molecule has 6 nitrogen and oxygen atoms in total. The number of hydrogen-bond acceptors (Lipinski definition) is 4. The van der Waals surface area contributed by atoms with E-state index in [0.717, 1.165) is 41.7 Å². The molecule has 2 aromatic rings. The Labute approximate surface area is 192 Å². The SMILES string of the molecule is CN1C(=O)N(Cc2ccc(Br)cc2)C(=O)C12CCN(CC[C@H](N)c1ccccc1)CC2. The third kappa shape index (κ3) is 4.40. The predicted octanol–water partition coefficient (Wildman–Crippen LogP) is 3.77. The molecular weight excluding hydrogens is 456 g/mol. The van der Waals surface area contributed by atoms with Crippen LogP contribution in [0.3, 0.4) is 0 Å². The number of nitrogens with two attached hydrogens (primary N) is 1. The Morgan fingerprint density at radius 1 is 1.03 bits per heavy atom. The van der Waals surface area contributed by atoms with Crippen LogP contribution in [0.15, 0.2) is 59.1 Å². The molecule has 0 bridgehead atoms. The molecule has 4 rings (SSSR count). The fraction of sp³-hybridized carbons (Fsp3) is 0.417. The maximum atomic E-state index is 13.3. The summed E-state index contributed by atoms with van der Waals surface area (Å²) in [5, 5.41) is 0. The molecular formula is C24H29BrN4O2. The number of imide groups is 1. The lowest BCUT2D eigenvalue weighted by molar-refractivity contribution is -0.135. The summed E-state index contributed by atoms with van der Waals surface area (Å²) in [5.41, 5.74) is 7.73. The van der Waals surface area contributed by atoms with Crippen molar-refractivity contribution in [2.24, 2.45) is 5.73 Å². The van der Waals surface area contributed by atoms with Crippen molar-refractivity contribution in [2.75, 3.05) is 26.7 Å². The van der Waals surface area contributed by atoms with Crippen LogP contribution in [0.5, 0.6) is 0 Å². The molecule has 2 saturated heterocycles. The third-order valence-electron chi connectivity index (χ3n) is 6.72. The first kappa shape index (κ1) is 22.0. The molecule has 0 radical (unpaired) electrons. The van der Waals surface area contributed by atoms with Crippen LogP contribution in [0.4, 0.5) is 4.79 Å². The molecule has 2 aromatic carbocycles. The van der Waals surface area contributed by atoms with Gasteiger partial charge < -0.3 is 15.5 Å². The van der Waals surface area contributed by atoms with E-state index in [1.165, 1.54) is 4.90 Å². The normalized spacial score (nSPS) is 20.0. The number of benzene rings is 2. The number of halogens is 1. The smallest absolute Gasteiger partial charge is 0.324 e. The molecule has 3 amide bonds. The topological polar surface area (TPSA) is 69.9 Å². The Kier molecular flexibility index (Phi) is 6.46. The number of nitrogens with zero attached hydrogens (tertiary/aromatic N) is 3. The van der Waals surface area contributed by atoms with E-state index in [1.54, 1.807) is 11.9 Å². The number of likely N-dealkylation sites (tertiary alicyclic amines) is 1. The number of piperidine rings is 1. The minimum Gasteiger partial charge on any atom is -0.324 e. The van der Waals surface area contributed by atoms with Gasteiger partial charge in [0, 0.05) is 30.7 Å². The highest BCUT2D eigenvalue weighted by Crippen LogP contribution is 2.37. The first-order chi connectivity index (χ1) is 14.9. The van der Waals surface area contributed by atoms with E-state index >= 15 is 0 Å². The summed E-state index contributed by atoms with van der Waals surface area (Å²) in [7, 11) is 1.77. The molecule has 2 aliphatic rings. The third-order valence-corrected chi connectivity index (χ3v) is 7.25. The molecule has 0 unspecified atom stereocenters. The second kappa shape index (κ2) is 9.10. The minimum atomic E-state index is -0.718. The number of hydrogen-bond donors (Lipinski definition) is 1. The predicted molar refractivity (Wildman–Crippen MR) is 124 cm³/mol. The second-order valence-corrected chi connectivity index (χ2v) is 9.45. The highest BCUT2D eigenvalue weighted by atomic mass is 79.9. The van der Waals surface area contributed by atoms with Crippen LogP contribution in [0.1, 0.15) is 36.4 Å². The van der Waals surface area contributed by atoms with E-state index in [-0.39, 0.29) is 18.0 Å². The van der Waals surface area contributed by atoms with Crippen LogP contribution in [0.2, 0.25) is 0 Å². The van der Waals surface area contributed by atoms with Crippen LogP contribution < -0.4 is 5.73 Å². The van der Waals surface area contributed by atoms with Crippen LogP contribution in [-0.4, -0.2) is 58.9 Å². The van der Waals surface area contributed by atoms with E-state index in [2.05, 4.69) is 33.0 Å². The van der Waals surface area contributed by atoms with Gasteiger partial charge in [-0.1, -0.05) is 58.4 Å². The van der Waals surface area contributed by atoms with Crippen molar-refractivity contribution in [1.82, 2.24) is 14.7 Å². The lowest BCUT2D eigenvalue weighted by Crippen LogP contribution is -2.55. The fourth-order valence-electron chi connectivity index (χ4n) is 4.64. The number of rotatable bonds is 6. The molecule has 7 heteroatoms. The van der Waals surface area contributed by atoms with Crippen molar-refractivity contribution in [2.45, 2.75) is 37.4 Å². The van der Waals surface area contributed by atoms with Crippen molar-refractivity contribution >= 4 is 27.9 Å². The maximum Gasteiger partial charge on any atom is 0.327 e. The Balaban J connectivity index is 1.36. The van der Waals surface area contributed by atoms with Gasteiger partial charge >= 0.3 is 6.03 Å². The van der Waals surface area contributed by atoms with Gasteiger partial charge in [0.15, 0.2) is 0 Å². The molecule has 0 saturated carbocycles. The molecule has 31 heavy (non-hydrogen) atoms. The van der Waals surface area contributed by atoms with Gasteiger partial charge in [0.2, 0.25) is 0 Å². The van der Waals surface area contributed by atoms with E-state index in [1.807, 2.05) is 42.5 Å². The summed E-state index contributed by atoms with van der Waals surface area (Å²) in [6, 6.07) is 17.7. The van der Waals surface area contributed by atoms with E-state index < -0.39 is 5.54 Å². The average Bonchev–Trinajstić information content (AvgIpc) is 2.96. The van der Waals surface area contributed by atoms with Gasteiger partial charge in [-0.25, -0.2) is 4.79 Å². The Morgan fingerprint density at radius 2 is 1.68 bits per heavy atom. The summed E-state index contributed by atoms with van der Waals surface area (Å²) in [4.78, 5) is 31.7. The summed E-state index contributed by atoms with van der Waals surface area (Å²) < 4.78 is 0.975. The molecule has 2 heterocycles. The number of carbonyl (C=O) groups excluding carboxylic acids is 2. The molecule has 1 spiro atoms. The average molecular weight is 485 g/mol. The number of likely N-dealkylation sites (N-methyl/N-ethyl adjacent to an activating group) is 1. The maximum absolute atomic E-state index is 13.3. The minimum absolute atomic E-state index is 0.0100. The van der Waals surface area contributed by atoms with Gasteiger partial charge in [-0.15, -0.1) is 0 Å². The van der Waals surface area contributed by atoms with Crippen LogP contribution in [-0.2, 0) is 11.3 Å². The Hall–Kier alpha value is -2.22. The zero-order chi connectivity index (χ0) is 22.0. The van der Waals surface area contributed by atoms with Gasteiger partial charge in [0.1, 0.15) is 5.54 Å². The van der Waals surface area contributed by atoms with Gasteiger partial charge in [-0.3, -0.25) is 9.69 Å². The summed E-state index contributed by atoms with van der Waals surface area (Å²) in [6.07, 6.45) is 2.19. The Morgan fingerprint density at radius 3 is 2.32 bits per heavy atom. The van der Waals surface area contributed by atoms with Gasteiger partial charge in [-0.05, 0) is 49.1 Å². The largest absolute Gasteiger partial charge is 0.327 e. The number of urea groups is 1. The van der Waals surface area contributed by atoms with Crippen LogP contribution in [0, 0.1) is 0 Å². The van der Waals surface area contributed by atoms with E-state index in [9.17, 15) is 9.59 Å². The van der Waals surface area contributed by atoms with Crippen LogP contribution in [0.25, 0.3) is 0 Å². The number of carbonyl (C=O) groups is 2. The molecule has 1 atom stereocenters. The summed E-state index contributed by atoms with van der Waals surface area (Å²) >= 11 is 3.42. The lowest BCUT2D eigenvalue weighted by atomic mass is 9.86. The first-order valence-corrected chi connectivity index (χ1v) is 11.6. The van der Waals surface area contributed by atoms with E-state index in [0.29, 0.717) is 19.4 Å². The zero-order valence-corrected chi connectivity index (χ0v) is 19.4. The standard InChI is InChI=1S/C24H29BrN4O2/c1-27-23(31)29(17-18-7-9-20(25)10-8-18)22(30)24(27)12-15-28(16-13-24)14-11-21(26)19-5-3-2-4-6-19/h2-10,21H,11-17,26H2,1H3/t21-/m0/s1. The summed E-state index contributed by atoms with van der Waals surface area (Å²) in [6.45, 7) is 2.78. The molecule has 2 N–H and O–H groups in total. The Bertz CT molecular complexity index is 926. The van der Waals surface area contributed by atoms with Crippen molar-refractivity contribution in [3.63, 3.8) is 0 Å². The zero-order valence-electron chi connectivity index (χ0n) is 17.8. The van der Waals surface area contributed by atoms with Gasteiger partial charge in [0.25, 0.3) is 5.91 Å². The van der Waals surface area contributed by atoms with Gasteiger partial charge in [-0.2, -0.15) is 0 Å². The monoisotopic (exact) mass is 484 g/mol. The first-order valence-electron chi connectivity index (χ1n) is 10.8. The number of amides is 3. The highest BCUT2D eigenvalue weighted by Gasteiger charge is 2.56. The van der Waals surface area contributed by atoms with Crippen molar-refractivity contribution in [3.05, 3.63) is 70.2 Å². The highest BCUT2D eigenvalue weighted by molar-refractivity contribution is 9.10. The van der Waals surface area contributed by atoms with Gasteiger partial charge in [0.05, 0.1) is 6.54 Å². The quantitative estimate of drug-likeness (QED) is 0.633. The summed E-state index contributed by atoms with van der Waals surface area (Å²) in [5.74, 6) is -0.0662. The fourth-order valence-corrected chi connectivity index (χ4v) is 4.91. The molecule has 0 aromatic heterocycles. The molecule has 2 aliphatic heterocycles. The second-order valence-electron chi connectivity index (χ2n) is 8.54. The van der Waals surface area contributed by atoms with Crippen molar-refractivity contribution in [1.29, 1.82) is 0 Å². The lowest BCUT2D eigenvalue weighted by Gasteiger charge is -2.41.